The number of nitrogens with one attached hydrogen (secondary N) is 2. The van der Waals surface area contributed by atoms with Crippen molar-refractivity contribution < 1.29 is 14.3 Å². The number of hydrogen-bond acceptors (Lipinski definition) is 3. The molecule has 3 aromatic rings. The Bertz CT molecular complexity index is 1010. The van der Waals surface area contributed by atoms with Crippen molar-refractivity contribution in [2.24, 2.45) is 0 Å². The third kappa shape index (κ3) is 5.47. The van der Waals surface area contributed by atoms with E-state index >= 15 is 0 Å². The number of carbonyl (C=O) groups is 2. The third-order valence-electron chi connectivity index (χ3n) is 4.81. The van der Waals surface area contributed by atoms with Crippen LogP contribution in [0.15, 0.2) is 72.8 Å². The average molecular weight is 402 g/mol. The van der Waals surface area contributed by atoms with Crippen LogP contribution in [0, 0.1) is 13.8 Å². The molecule has 0 aliphatic carbocycles. The number of hydrogen-bond donors (Lipinski definition) is 2. The number of aryl methyl sites for hydroxylation is 2. The molecule has 2 amide bonds. The lowest BCUT2D eigenvalue weighted by molar-refractivity contribution is -0.118. The topological polar surface area (TPSA) is 67.4 Å². The van der Waals surface area contributed by atoms with Crippen molar-refractivity contribution in [1.29, 1.82) is 0 Å². The molecule has 30 heavy (non-hydrogen) atoms. The molecule has 0 radical (unpaired) electrons. The molecule has 1 unspecified atom stereocenters. The van der Waals surface area contributed by atoms with Crippen molar-refractivity contribution >= 4 is 17.5 Å². The normalized spacial score (nSPS) is 11.4. The zero-order valence-corrected chi connectivity index (χ0v) is 17.4. The fourth-order valence-corrected chi connectivity index (χ4v) is 3.20. The SMILES string of the molecule is Cc1cccc(C)c1OCC(=O)Nc1cccc(C(=O)NC(C)c2ccccc2)c1. The predicted molar refractivity (Wildman–Crippen MR) is 119 cm³/mol. The molecule has 0 heterocycles. The van der Waals surface area contributed by atoms with Crippen LogP contribution in [0.5, 0.6) is 5.75 Å². The first-order chi connectivity index (χ1) is 14.4. The first-order valence-electron chi connectivity index (χ1n) is 9.89. The van der Waals surface area contributed by atoms with E-state index in [-0.39, 0.29) is 24.5 Å². The summed E-state index contributed by atoms with van der Waals surface area (Å²) in [6, 6.07) is 22.3. The second-order valence-electron chi connectivity index (χ2n) is 7.24. The van der Waals surface area contributed by atoms with E-state index in [1.807, 2.05) is 69.3 Å². The standard InChI is InChI=1S/C25H26N2O3/c1-17-9-7-10-18(2)24(17)30-16-23(28)27-22-14-8-13-21(15-22)25(29)26-19(3)20-11-5-4-6-12-20/h4-15,19H,16H2,1-3H3,(H,26,29)(H,27,28). The lowest BCUT2D eigenvalue weighted by Crippen LogP contribution is -2.27. The lowest BCUT2D eigenvalue weighted by Gasteiger charge is -2.15. The molecule has 0 aliphatic heterocycles. The minimum atomic E-state index is -0.284. The molecular formula is C25H26N2O3. The third-order valence-corrected chi connectivity index (χ3v) is 4.81. The highest BCUT2D eigenvalue weighted by Crippen LogP contribution is 2.22. The zero-order valence-electron chi connectivity index (χ0n) is 17.4. The van der Waals surface area contributed by atoms with Crippen LogP contribution in [0.2, 0.25) is 0 Å². The van der Waals surface area contributed by atoms with Gasteiger partial charge in [-0.05, 0) is 55.7 Å². The summed E-state index contributed by atoms with van der Waals surface area (Å²) in [6.07, 6.45) is 0. The molecule has 0 aliphatic rings. The van der Waals surface area contributed by atoms with E-state index in [0.29, 0.717) is 11.3 Å². The van der Waals surface area contributed by atoms with Gasteiger partial charge >= 0.3 is 0 Å². The van der Waals surface area contributed by atoms with E-state index in [1.165, 1.54) is 0 Å². The maximum absolute atomic E-state index is 12.6. The van der Waals surface area contributed by atoms with Gasteiger partial charge in [-0.3, -0.25) is 9.59 Å². The van der Waals surface area contributed by atoms with Crippen LogP contribution in [0.1, 0.15) is 40.0 Å². The van der Waals surface area contributed by atoms with E-state index in [0.717, 1.165) is 22.4 Å². The first kappa shape index (κ1) is 21.1. The Hall–Kier alpha value is -3.60. The monoisotopic (exact) mass is 402 g/mol. The van der Waals surface area contributed by atoms with Crippen molar-refractivity contribution in [3.05, 3.63) is 95.1 Å². The summed E-state index contributed by atoms with van der Waals surface area (Å²) in [5, 5.41) is 5.76. The summed E-state index contributed by atoms with van der Waals surface area (Å²) >= 11 is 0. The summed E-state index contributed by atoms with van der Waals surface area (Å²) in [7, 11) is 0. The summed E-state index contributed by atoms with van der Waals surface area (Å²) in [5.74, 6) is 0.234. The Balaban J connectivity index is 1.59. The van der Waals surface area contributed by atoms with Gasteiger partial charge in [-0.2, -0.15) is 0 Å². The van der Waals surface area contributed by atoms with Gasteiger partial charge in [-0.25, -0.2) is 0 Å². The fraction of sp³-hybridized carbons (Fsp3) is 0.200. The van der Waals surface area contributed by atoms with E-state index in [1.54, 1.807) is 24.3 Å². The Labute approximate surface area is 177 Å². The minimum Gasteiger partial charge on any atom is -0.483 e. The van der Waals surface area contributed by atoms with Gasteiger partial charge in [0.05, 0.1) is 6.04 Å². The van der Waals surface area contributed by atoms with Crippen molar-refractivity contribution in [2.45, 2.75) is 26.8 Å². The van der Waals surface area contributed by atoms with E-state index in [4.69, 9.17) is 4.74 Å². The van der Waals surface area contributed by atoms with E-state index in [2.05, 4.69) is 10.6 Å². The minimum absolute atomic E-state index is 0.104. The smallest absolute Gasteiger partial charge is 0.262 e. The van der Waals surface area contributed by atoms with Gasteiger partial charge in [-0.1, -0.05) is 54.6 Å². The molecule has 5 nitrogen and oxygen atoms in total. The second kappa shape index (κ2) is 9.74. The summed E-state index contributed by atoms with van der Waals surface area (Å²) in [4.78, 5) is 24.9. The molecular weight excluding hydrogens is 376 g/mol. The number of benzene rings is 3. The maximum Gasteiger partial charge on any atom is 0.262 e. The fourth-order valence-electron chi connectivity index (χ4n) is 3.20. The molecule has 0 saturated heterocycles. The molecule has 0 spiro atoms. The van der Waals surface area contributed by atoms with Crippen molar-refractivity contribution in [2.75, 3.05) is 11.9 Å². The van der Waals surface area contributed by atoms with E-state index < -0.39 is 0 Å². The van der Waals surface area contributed by atoms with Gasteiger partial charge < -0.3 is 15.4 Å². The second-order valence-corrected chi connectivity index (χ2v) is 7.24. The van der Waals surface area contributed by atoms with Crippen LogP contribution in [0.3, 0.4) is 0 Å². The van der Waals surface area contributed by atoms with Crippen LogP contribution >= 0.6 is 0 Å². The number of carbonyl (C=O) groups excluding carboxylic acids is 2. The molecule has 5 heteroatoms. The molecule has 2 N–H and O–H groups in total. The Morgan fingerprint density at radius 1 is 0.900 bits per heavy atom. The highest BCUT2D eigenvalue weighted by atomic mass is 16.5. The van der Waals surface area contributed by atoms with Crippen molar-refractivity contribution in [3.63, 3.8) is 0 Å². The highest BCUT2D eigenvalue weighted by molar-refractivity contribution is 5.97. The Morgan fingerprint density at radius 2 is 1.57 bits per heavy atom. The van der Waals surface area contributed by atoms with Gasteiger partial charge in [0.25, 0.3) is 11.8 Å². The average Bonchev–Trinajstić information content (AvgIpc) is 2.74. The quantitative estimate of drug-likeness (QED) is 0.596. The van der Waals surface area contributed by atoms with Crippen LogP contribution in [-0.2, 0) is 4.79 Å². The Morgan fingerprint density at radius 3 is 2.27 bits per heavy atom. The largest absolute Gasteiger partial charge is 0.483 e. The molecule has 0 saturated carbocycles. The maximum atomic E-state index is 12.6. The van der Waals surface area contributed by atoms with E-state index in [9.17, 15) is 9.59 Å². The molecule has 0 bridgehead atoms. The van der Waals surface area contributed by atoms with Gasteiger partial charge in [0.2, 0.25) is 0 Å². The molecule has 0 aromatic heterocycles. The van der Waals surface area contributed by atoms with Crippen molar-refractivity contribution in [1.82, 2.24) is 5.32 Å². The lowest BCUT2D eigenvalue weighted by atomic mass is 10.1. The number of amides is 2. The van der Waals surface area contributed by atoms with Gasteiger partial charge in [0.15, 0.2) is 6.61 Å². The molecule has 0 fully saturated rings. The molecule has 3 aromatic carbocycles. The molecule has 3 rings (SSSR count). The number of rotatable bonds is 7. The molecule has 1 atom stereocenters. The zero-order chi connectivity index (χ0) is 21.5. The molecule has 154 valence electrons. The first-order valence-corrected chi connectivity index (χ1v) is 9.89. The summed E-state index contributed by atoms with van der Waals surface area (Å²) in [5.41, 5.74) is 4.01. The summed E-state index contributed by atoms with van der Waals surface area (Å²) in [6.45, 7) is 5.72. The number of para-hydroxylation sites is 1. The highest BCUT2D eigenvalue weighted by Gasteiger charge is 2.13. The Kier molecular flexibility index (Phi) is 6.86. The number of anilines is 1. The van der Waals surface area contributed by atoms with Crippen LogP contribution in [-0.4, -0.2) is 18.4 Å². The van der Waals surface area contributed by atoms with Crippen LogP contribution in [0.25, 0.3) is 0 Å². The van der Waals surface area contributed by atoms with Gasteiger partial charge in [0, 0.05) is 11.3 Å². The van der Waals surface area contributed by atoms with Crippen LogP contribution in [0.4, 0.5) is 5.69 Å². The predicted octanol–water partition coefficient (Wildman–Crippen LogP) is 4.81. The van der Waals surface area contributed by atoms with Gasteiger partial charge in [0.1, 0.15) is 5.75 Å². The van der Waals surface area contributed by atoms with Crippen LogP contribution < -0.4 is 15.4 Å². The number of ether oxygens (including phenoxy) is 1. The van der Waals surface area contributed by atoms with Gasteiger partial charge in [-0.15, -0.1) is 0 Å². The summed E-state index contributed by atoms with van der Waals surface area (Å²) < 4.78 is 5.69. The van der Waals surface area contributed by atoms with Crippen molar-refractivity contribution in [3.8, 4) is 5.75 Å².